The monoisotopic (exact) mass is 294 g/mol. The Hall–Kier alpha value is -1.32. The summed E-state index contributed by atoms with van der Waals surface area (Å²) >= 11 is 5.01. The lowest BCUT2D eigenvalue weighted by atomic mass is 10.2. The number of thioether (sulfide) groups is 1. The van der Waals surface area contributed by atoms with Crippen LogP contribution in [0.3, 0.4) is 0 Å². The summed E-state index contributed by atoms with van der Waals surface area (Å²) in [5.41, 5.74) is 1.78. The highest BCUT2D eigenvalue weighted by atomic mass is 79.9. The fraction of sp³-hybridized carbons (Fsp3) is 0.100. The SMILES string of the molecule is N#Cc1ccc(CSc2ncn[nH]2)c(Br)c1. The first-order valence-electron chi connectivity index (χ1n) is 4.46. The van der Waals surface area contributed by atoms with Crippen LogP contribution < -0.4 is 0 Å². The molecule has 0 saturated heterocycles. The summed E-state index contributed by atoms with van der Waals surface area (Å²) < 4.78 is 0.943. The van der Waals surface area contributed by atoms with Crippen LogP contribution >= 0.6 is 27.7 Å². The molecular weight excluding hydrogens is 288 g/mol. The molecule has 0 amide bonds. The maximum Gasteiger partial charge on any atom is 0.183 e. The van der Waals surface area contributed by atoms with Gasteiger partial charge in [0.05, 0.1) is 11.6 Å². The number of benzene rings is 1. The molecule has 80 valence electrons. The van der Waals surface area contributed by atoms with Gasteiger partial charge in [-0.1, -0.05) is 33.8 Å². The van der Waals surface area contributed by atoms with Gasteiger partial charge in [0.15, 0.2) is 5.16 Å². The first-order chi connectivity index (χ1) is 7.79. The Morgan fingerprint density at radius 1 is 1.50 bits per heavy atom. The van der Waals surface area contributed by atoms with E-state index in [1.165, 1.54) is 6.33 Å². The average Bonchev–Trinajstić information content (AvgIpc) is 2.80. The number of H-pyrrole nitrogens is 1. The predicted octanol–water partition coefficient (Wildman–Crippen LogP) is 2.73. The van der Waals surface area contributed by atoms with Gasteiger partial charge in [-0.2, -0.15) is 10.4 Å². The summed E-state index contributed by atoms with van der Waals surface area (Å²) in [5, 5.41) is 16.1. The van der Waals surface area contributed by atoms with Gasteiger partial charge in [-0.15, -0.1) is 0 Å². The highest BCUT2D eigenvalue weighted by Crippen LogP contribution is 2.25. The summed E-state index contributed by atoms with van der Waals surface area (Å²) in [6, 6.07) is 7.66. The van der Waals surface area contributed by atoms with Gasteiger partial charge >= 0.3 is 0 Å². The number of aromatic nitrogens is 3. The second-order valence-corrected chi connectivity index (χ2v) is 4.82. The van der Waals surface area contributed by atoms with E-state index in [0.29, 0.717) is 5.56 Å². The van der Waals surface area contributed by atoms with E-state index in [-0.39, 0.29) is 0 Å². The van der Waals surface area contributed by atoms with Crippen molar-refractivity contribution < 1.29 is 0 Å². The van der Waals surface area contributed by atoms with Crippen LogP contribution in [0.2, 0.25) is 0 Å². The van der Waals surface area contributed by atoms with Gasteiger partial charge in [0, 0.05) is 10.2 Å². The normalized spacial score (nSPS) is 10.0. The highest BCUT2D eigenvalue weighted by molar-refractivity contribution is 9.10. The van der Waals surface area contributed by atoms with Crippen LogP contribution in [0.15, 0.2) is 34.2 Å². The van der Waals surface area contributed by atoms with Crippen molar-refractivity contribution in [3.05, 3.63) is 40.1 Å². The molecule has 2 rings (SSSR count). The Kier molecular flexibility index (Phi) is 3.59. The Balaban J connectivity index is 2.08. The highest BCUT2D eigenvalue weighted by Gasteiger charge is 2.03. The number of hydrogen-bond acceptors (Lipinski definition) is 4. The Morgan fingerprint density at radius 3 is 3.00 bits per heavy atom. The van der Waals surface area contributed by atoms with Crippen molar-refractivity contribution in [1.29, 1.82) is 5.26 Å². The minimum atomic E-state index is 0.653. The van der Waals surface area contributed by atoms with Crippen molar-refractivity contribution in [3.8, 4) is 6.07 Å². The standard InChI is InChI=1S/C10H7BrN4S/c11-9-3-7(4-12)1-2-8(9)5-16-10-13-6-14-15-10/h1-3,6H,5H2,(H,13,14,15). The van der Waals surface area contributed by atoms with Crippen molar-refractivity contribution in [2.75, 3.05) is 0 Å². The molecule has 0 aliphatic heterocycles. The van der Waals surface area contributed by atoms with E-state index >= 15 is 0 Å². The lowest BCUT2D eigenvalue weighted by molar-refractivity contribution is 0.972. The quantitative estimate of drug-likeness (QED) is 0.884. The van der Waals surface area contributed by atoms with Crippen LogP contribution in [-0.2, 0) is 5.75 Å². The summed E-state index contributed by atoms with van der Waals surface area (Å²) in [6.07, 6.45) is 1.48. The average molecular weight is 295 g/mol. The predicted molar refractivity (Wildman–Crippen MR) is 64.8 cm³/mol. The summed E-state index contributed by atoms with van der Waals surface area (Å²) in [6.45, 7) is 0. The molecule has 0 aliphatic carbocycles. The van der Waals surface area contributed by atoms with E-state index in [4.69, 9.17) is 5.26 Å². The van der Waals surface area contributed by atoms with Crippen LogP contribution in [-0.4, -0.2) is 15.2 Å². The van der Waals surface area contributed by atoms with Gasteiger partial charge in [0.25, 0.3) is 0 Å². The van der Waals surface area contributed by atoms with Gasteiger partial charge in [-0.05, 0) is 17.7 Å². The van der Waals surface area contributed by atoms with Crippen LogP contribution in [0.5, 0.6) is 0 Å². The van der Waals surface area contributed by atoms with E-state index in [0.717, 1.165) is 20.9 Å². The van der Waals surface area contributed by atoms with E-state index in [9.17, 15) is 0 Å². The molecular formula is C10H7BrN4S. The van der Waals surface area contributed by atoms with Gasteiger partial charge < -0.3 is 0 Å². The molecule has 0 aliphatic rings. The number of aromatic amines is 1. The van der Waals surface area contributed by atoms with Crippen molar-refractivity contribution in [3.63, 3.8) is 0 Å². The number of nitrogens with one attached hydrogen (secondary N) is 1. The van der Waals surface area contributed by atoms with E-state index in [2.05, 4.69) is 37.2 Å². The van der Waals surface area contributed by atoms with Crippen LogP contribution in [0.4, 0.5) is 0 Å². The van der Waals surface area contributed by atoms with Crippen LogP contribution in [0.25, 0.3) is 0 Å². The smallest absolute Gasteiger partial charge is 0.183 e. The van der Waals surface area contributed by atoms with Gasteiger partial charge in [0.2, 0.25) is 0 Å². The lowest BCUT2D eigenvalue weighted by Gasteiger charge is -2.02. The zero-order chi connectivity index (χ0) is 11.4. The number of nitriles is 1. The Morgan fingerprint density at radius 2 is 2.38 bits per heavy atom. The number of nitrogens with zero attached hydrogens (tertiary/aromatic N) is 3. The fourth-order valence-electron chi connectivity index (χ4n) is 1.14. The molecule has 0 fully saturated rings. The third kappa shape index (κ3) is 2.62. The van der Waals surface area contributed by atoms with Crippen molar-refractivity contribution >= 4 is 27.7 Å². The molecule has 0 radical (unpaired) electrons. The maximum absolute atomic E-state index is 8.73. The molecule has 4 nitrogen and oxygen atoms in total. The Bertz CT molecular complexity index is 518. The largest absolute Gasteiger partial charge is 0.254 e. The van der Waals surface area contributed by atoms with Gasteiger partial charge in [-0.25, -0.2) is 4.98 Å². The molecule has 1 N–H and O–H groups in total. The second-order valence-electron chi connectivity index (χ2n) is 3.00. The van der Waals surface area contributed by atoms with Crippen LogP contribution in [0, 0.1) is 11.3 Å². The zero-order valence-electron chi connectivity index (χ0n) is 8.14. The molecule has 0 unspecified atom stereocenters. The molecule has 6 heteroatoms. The molecule has 1 aromatic carbocycles. The lowest BCUT2D eigenvalue weighted by Crippen LogP contribution is -1.85. The molecule has 0 bridgehead atoms. The zero-order valence-corrected chi connectivity index (χ0v) is 10.5. The molecule has 2 aromatic rings. The third-order valence-electron chi connectivity index (χ3n) is 1.94. The fourth-order valence-corrected chi connectivity index (χ4v) is 2.63. The minimum Gasteiger partial charge on any atom is -0.254 e. The van der Waals surface area contributed by atoms with Crippen molar-refractivity contribution in [2.24, 2.45) is 0 Å². The first kappa shape index (κ1) is 11.2. The second kappa shape index (κ2) is 5.14. The Labute approximate surface area is 105 Å². The summed E-state index contributed by atoms with van der Waals surface area (Å²) in [4.78, 5) is 4.02. The molecule has 0 saturated carbocycles. The topological polar surface area (TPSA) is 65.4 Å². The van der Waals surface area contributed by atoms with Gasteiger partial charge in [-0.3, -0.25) is 5.10 Å². The molecule has 0 atom stereocenters. The summed E-state index contributed by atoms with van der Waals surface area (Å²) in [7, 11) is 0. The van der Waals surface area contributed by atoms with Gasteiger partial charge in [0.1, 0.15) is 6.33 Å². The van der Waals surface area contributed by atoms with E-state index in [1.54, 1.807) is 17.8 Å². The first-order valence-corrected chi connectivity index (χ1v) is 6.24. The van der Waals surface area contributed by atoms with Crippen molar-refractivity contribution in [2.45, 2.75) is 10.9 Å². The third-order valence-corrected chi connectivity index (χ3v) is 3.60. The molecule has 1 aromatic heterocycles. The maximum atomic E-state index is 8.73. The van der Waals surface area contributed by atoms with Crippen LogP contribution in [0.1, 0.15) is 11.1 Å². The number of hydrogen-bond donors (Lipinski definition) is 1. The minimum absolute atomic E-state index is 0.653. The summed E-state index contributed by atoms with van der Waals surface area (Å²) in [5.74, 6) is 0.779. The molecule has 0 spiro atoms. The molecule has 16 heavy (non-hydrogen) atoms. The van der Waals surface area contributed by atoms with E-state index < -0.39 is 0 Å². The van der Waals surface area contributed by atoms with E-state index in [1.807, 2.05) is 12.1 Å². The van der Waals surface area contributed by atoms with Crippen molar-refractivity contribution in [1.82, 2.24) is 15.2 Å². The number of rotatable bonds is 3. The molecule has 1 heterocycles. The number of halogens is 1.